The van der Waals surface area contributed by atoms with Gasteiger partial charge in [-0.2, -0.15) is 0 Å². The normalized spacial score (nSPS) is 18.9. The van der Waals surface area contributed by atoms with Crippen LogP contribution in [-0.4, -0.2) is 50.4 Å². The molecule has 0 spiro atoms. The first-order valence-electron chi connectivity index (χ1n) is 10.6. The van der Waals surface area contributed by atoms with Crippen molar-refractivity contribution >= 4 is 45.6 Å². The number of benzene rings is 1. The Morgan fingerprint density at radius 1 is 1.09 bits per heavy atom. The van der Waals surface area contributed by atoms with Gasteiger partial charge in [-0.1, -0.05) is 11.6 Å². The number of rotatable bonds is 3. The average molecular weight is 450 g/mol. The zero-order valence-electron chi connectivity index (χ0n) is 18.1. The lowest BCUT2D eigenvalue weighted by Crippen LogP contribution is -2.54. The highest BCUT2D eigenvalue weighted by Crippen LogP contribution is 2.30. The Hall–Kier alpha value is -3.23. The van der Waals surface area contributed by atoms with Crippen LogP contribution in [0.3, 0.4) is 0 Å². The summed E-state index contributed by atoms with van der Waals surface area (Å²) in [5.74, 6) is -0.290. The number of carbonyl (C=O) groups is 1. The fourth-order valence-electron chi connectivity index (χ4n) is 4.44. The van der Waals surface area contributed by atoms with Gasteiger partial charge in [-0.3, -0.25) is 19.2 Å². The molecule has 2 atom stereocenters. The summed E-state index contributed by atoms with van der Waals surface area (Å²) in [6.45, 7) is 7.96. The summed E-state index contributed by atoms with van der Waals surface area (Å²) < 4.78 is 1.75. The molecule has 2 N–H and O–H groups in total. The molecule has 1 aromatic carbocycles. The molecule has 3 aromatic heterocycles. The molecule has 8 nitrogen and oxygen atoms in total. The fraction of sp³-hybridized carbons (Fsp3) is 0.304. The van der Waals surface area contributed by atoms with Gasteiger partial charge in [0.15, 0.2) is 0 Å². The molecule has 1 aliphatic rings. The summed E-state index contributed by atoms with van der Waals surface area (Å²) in [7, 11) is 0. The molecule has 0 bridgehead atoms. The predicted molar refractivity (Wildman–Crippen MR) is 127 cm³/mol. The van der Waals surface area contributed by atoms with E-state index < -0.39 is 0 Å². The van der Waals surface area contributed by atoms with Gasteiger partial charge < -0.3 is 15.5 Å². The zero-order chi connectivity index (χ0) is 22.4. The maximum absolute atomic E-state index is 13.2. The van der Waals surface area contributed by atoms with Crippen LogP contribution in [0.15, 0.2) is 42.9 Å². The maximum atomic E-state index is 13.2. The molecule has 9 heteroatoms. The highest BCUT2D eigenvalue weighted by Gasteiger charge is 2.24. The summed E-state index contributed by atoms with van der Waals surface area (Å²) in [5.41, 5.74) is 4.80. The molecule has 1 fully saturated rings. The first-order chi connectivity index (χ1) is 15.4. The minimum Gasteiger partial charge on any atom is -0.367 e. The Kier molecular flexibility index (Phi) is 5.19. The van der Waals surface area contributed by atoms with Crippen molar-refractivity contribution in [2.24, 2.45) is 0 Å². The Balaban J connectivity index is 1.51. The second-order valence-electron chi connectivity index (χ2n) is 8.36. The van der Waals surface area contributed by atoms with E-state index in [1.54, 1.807) is 22.9 Å². The number of aromatic nitrogens is 4. The molecule has 4 aromatic rings. The standard InChI is InChI=1S/C23H24ClN7O/c1-13-10-30(11-14(2)27-13)18-6-4-16(20-21(18)26-9-8-25-20)23(32)29-17-5-7-19-28-15(3)12-31(19)22(17)24/h4-9,12-14,27H,10-11H2,1-3H3,(H,29,32)/t13-,14-/m0/s1. The predicted octanol–water partition coefficient (Wildman–Crippen LogP) is 3.68. The van der Waals surface area contributed by atoms with Gasteiger partial charge in [0.2, 0.25) is 0 Å². The molecule has 0 saturated carbocycles. The summed E-state index contributed by atoms with van der Waals surface area (Å²) in [6, 6.07) is 8.07. The van der Waals surface area contributed by atoms with Crippen LogP contribution in [0.4, 0.5) is 11.4 Å². The molecule has 1 aliphatic heterocycles. The number of pyridine rings is 1. The Labute approximate surface area is 190 Å². The van der Waals surface area contributed by atoms with Crippen molar-refractivity contribution in [3.63, 3.8) is 0 Å². The molecular formula is C23H24ClN7O. The SMILES string of the molecule is Cc1cn2c(Cl)c(NC(=O)c3ccc(N4C[C@H](C)N[C@@H](C)C4)c4nccnc34)ccc2n1. The third kappa shape index (κ3) is 3.65. The van der Waals surface area contributed by atoms with Crippen molar-refractivity contribution in [3.8, 4) is 0 Å². The molecule has 0 radical (unpaired) electrons. The van der Waals surface area contributed by atoms with Gasteiger partial charge in [0.05, 0.1) is 22.6 Å². The number of nitrogens with one attached hydrogen (secondary N) is 2. The topological polar surface area (TPSA) is 87.5 Å². The number of piperazine rings is 1. The number of imidazole rings is 1. The van der Waals surface area contributed by atoms with Crippen molar-refractivity contribution < 1.29 is 4.79 Å². The maximum Gasteiger partial charge on any atom is 0.258 e. The number of carbonyl (C=O) groups excluding carboxylic acids is 1. The zero-order valence-corrected chi connectivity index (χ0v) is 18.9. The van der Waals surface area contributed by atoms with E-state index >= 15 is 0 Å². The fourth-order valence-corrected chi connectivity index (χ4v) is 4.68. The van der Waals surface area contributed by atoms with Crippen molar-refractivity contribution in [1.29, 1.82) is 0 Å². The highest BCUT2D eigenvalue weighted by molar-refractivity contribution is 6.33. The number of nitrogens with zero attached hydrogens (tertiary/aromatic N) is 5. The Morgan fingerprint density at radius 3 is 2.56 bits per heavy atom. The largest absolute Gasteiger partial charge is 0.367 e. The lowest BCUT2D eigenvalue weighted by Gasteiger charge is -2.38. The van der Waals surface area contributed by atoms with E-state index in [9.17, 15) is 4.79 Å². The smallest absolute Gasteiger partial charge is 0.258 e. The number of anilines is 2. The molecule has 4 heterocycles. The molecular weight excluding hydrogens is 426 g/mol. The van der Waals surface area contributed by atoms with E-state index in [-0.39, 0.29) is 5.91 Å². The van der Waals surface area contributed by atoms with Crippen molar-refractivity contribution in [3.05, 3.63) is 59.3 Å². The van der Waals surface area contributed by atoms with Gasteiger partial charge in [-0.25, -0.2) is 4.98 Å². The van der Waals surface area contributed by atoms with Gasteiger partial charge in [0, 0.05) is 43.8 Å². The van der Waals surface area contributed by atoms with Crippen LogP contribution in [0.2, 0.25) is 5.15 Å². The van der Waals surface area contributed by atoms with Crippen molar-refractivity contribution in [2.75, 3.05) is 23.3 Å². The van der Waals surface area contributed by atoms with E-state index in [2.05, 4.69) is 44.3 Å². The van der Waals surface area contributed by atoms with E-state index in [0.29, 0.717) is 39.5 Å². The van der Waals surface area contributed by atoms with Gasteiger partial charge in [-0.05, 0) is 45.0 Å². The van der Waals surface area contributed by atoms with Gasteiger partial charge in [0.1, 0.15) is 21.8 Å². The lowest BCUT2D eigenvalue weighted by molar-refractivity contribution is 0.102. The van der Waals surface area contributed by atoms with Crippen LogP contribution in [0.25, 0.3) is 16.7 Å². The van der Waals surface area contributed by atoms with E-state index in [4.69, 9.17) is 11.6 Å². The second kappa shape index (κ2) is 8.03. The van der Waals surface area contributed by atoms with Gasteiger partial charge >= 0.3 is 0 Å². The first-order valence-corrected chi connectivity index (χ1v) is 11.0. The minimum atomic E-state index is -0.290. The van der Waals surface area contributed by atoms with Crippen molar-refractivity contribution in [1.82, 2.24) is 24.7 Å². The number of hydrogen-bond acceptors (Lipinski definition) is 6. The summed E-state index contributed by atoms with van der Waals surface area (Å²) in [5, 5.41) is 6.86. The minimum absolute atomic E-state index is 0.290. The highest BCUT2D eigenvalue weighted by atomic mass is 35.5. The molecule has 164 valence electrons. The van der Waals surface area contributed by atoms with Crippen LogP contribution in [0, 0.1) is 6.92 Å². The molecule has 0 aliphatic carbocycles. The van der Waals surface area contributed by atoms with Crippen LogP contribution < -0.4 is 15.5 Å². The van der Waals surface area contributed by atoms with Crippen LogP contribution in [-0.2, 0) is 0 Å². The number of fused-ring (bicyclic) bond motifs is 2. The van der Waals surface area contributed by atoms with Gasteiger partial charge in [-0.15, -0.1) is 0 Å². The molecule has 1 amide bonds. The Morgan fingerprint density at radius 2 is 1.81 bits per heavy atom. The molecule has 5 rings (SSSR count). The van der Waals surface area contributed by atoms with E-state index in [1.807, 2.05) is 31.3 Å². The first kappa shape index (κ1) is 20.7. The third-order valence-corrected chi connectivity index (χ3v) is 6.07. The monoisotopic (exact) mass is 449 g/mol. The van der Waals surface area contributed by atoms with Crippen LogP contribution in [0.5, 0.6) is 0 Å². The van der Waals surface area contributed by atoms with Crippen LogP contribution in [0.1, 0.15) is 29.9 Å². The van der Waals surface area contributed by atoms with Crippen LogP contribution >= 0.6 is 11.6 Å². The average Bonchev–Trinajstić information content (AvgIpc) is 3.15. The number of halogens is 1. The van der Waals surface area contributed by atoms with E-state index in [0.717, 1.165) is 30.1 Å². The third-order valence-electron chi connectivity index (χ3n) is 5.68. The molecule has 1 saturated heterocycles. The summed E-state index contributed by atoms with van der Waals surface area (Å²) in [4.78, 5) is 29.0. The number of hydrogen-bond donors (Lipinski definition) is 2. The van der Waals surface area contributed by atoms with Gasteiger partial charge in [0.25, 0.3) is 5.91 Å². The molecule has 0 unspecified atom stereocenters. The summed E-state index contributed by atoms with van der Waals surface area (Å²) in [6.07, 6.45) is 5.10. The Bertz CT molecular complexity index is 1320. The van der Waals surface area contributed by atoms with Crippen molar-refractivity contribution in [2.45, 2.75) is 32.9 Å². The summed E-state index contributed by atoms with van der Waals surface area (Å²) >= 11 is 6.53. The number of amides is 1. The van der Waals surface area contributed by atoms with E-state index in [1.165, 1.54) is 0 Å². The number of aryl methyl sites for hydroxylation is 1. The lowest BCUT2D eigenvalue weighted by atomic mass is 10.1. The second-order valence-corrected chi connectivity index (χ2v) is 8.72. The quantitative estimate of drug-likeness (QED) is 0.464. The molecule has 32 heavy (non-hydrogen) atoms.